The molecular formula is C9H11BrO3. The van der Waals surface area contributed by atoms with Crippen molar-refractivity contribution in [1.82, 2.24) is 0 Å². The molecule has 0 aliphatic heterocycles. The molecule has 0 atom stereocenters. The van der Waals surface area contributed by atoms with Crippen LogP contribution in [0.4, 0.5) is 0 Å². The highest BCUT2D eigenvalue weighted by atomic mass is 79.9. The first-order chi connectivity index (χ1) is 6.19. The second kappa shape index (κ2) is 4.48. The molecular weight excluding hydrogens is 236 g/mol. The molecule has 0 heterocycles. The zero-order chi connectivity index (χ0) is 9.84. The Morgan fingerprint density at radius 2 is 2.08 bits per heavy atom. The smallest absolute Gasteiger partial charge is 0.161 e. The molecule has 0 amide bonds. The van der Waals surface area contributed by atoms with Gasteiger partial charge in [0.25, 0.3) is 0 Å². The fraction of sp³-hybridized carbons (Fsp3) is 0.333. The number of halogens is 1. The van der Waals surface area contributed by atoms with E-state index in [-0.39, 0.29) is 5.75 Å². The lowest BCUT2D eigenvalue weighted by Gasteiger charge is -2.08. The highest BCUT2D eigenvalue weighted by Crippen LogP contribution is 2.32. The lowest BCUT2D eigenvalue weighted by molar-refractivity contribution is 0.184. The maximum atomic E-state index is 9.44. The van der Waals surface area contributed by atoms with Crippen molar-refractivity contribution in [3.63, 3.8) is 0 Å². The van der Waals surface area contributed by atoms with E-state index in [9.17, 15) is 5.11 Å². The number of hydrogen-bond acceptors (Lipinski definition) is 3. The Labute approximate surface area is 85.4 Å². The third-order valence-electron chi connectivity index (χ3n) is 1.65. The van der Waals surface area contributed by atoms with Crippen molar-refractivity contribution in [2.75, 3.05) is 14.2 Å². The third-order valence-corrected chi connectivity index (χ3v) is 2.39. The normalized spacial score (nSPS) is 10.1. The van der Waals surface area contributed by atoms with E-state index in [1.165, 1.54) is 7.11 Å². The van der Waals surface area contributed by atoms with Crippen LogP contribution in [0.25, 0.3) is 0 Å². The van der Waals surface area contributed by atoms with Crippen LogP contribution in [0.15, 0.2) is 16.6 Å². The van der Waals surface area contributed by atoms with E-state index in [1.807, 2.05) is 0 Å². The second-order valence-electron chi connectivity index (χ2n) is 2.55. The van der Waals surface area contributed by atoms with Gasteiger partial charge in [0.05, 0.1) is 13.7 Å². The first-order valence-electron chi connectivity index (χ1n) is 3.73. The number of benzene rings is 1. The molecule has 0 radical (unpaired) electrons. The Hall–Kier alpha value is -0.740. The maximum Gasteiger partial charge on any atom is 0.161 e. The minimum Gasteiger partial charge on any atom is -0.504 e. The van der Waals surface area contributed by atoms with Crippen LogP contribution >= 0.6 is 15.9 Å². The quantitative estimate of drug-likeness (QED) is 0.890. The Morgan fingerprint density at radius 1 is 1.38 bits per heavy atom. The molecule has 0 aliphatic carbocycles. The fourth-order valence-electron chi connectivity index (χ4n) is 1.02. The number of aromatic hydroxyl groups is 1. The lowest BCUT2D eigenvalue weighted by atomic mass is 10.2. The van der Waals surface area contributed by atoms with Crippen LogP contribution in [0.2, 0.25) is 0 Å². The number of methoxy groups -OCH3 is 2. The zero-order valence-corrected chi connectivity index (χ0v) is 9.09. The largest absolute Gasteiger partial charge is 0.504 e. The van der Waals surface area contributed by atoms with Gasteiger partial charge < -0.3 is 14.6 Å². The van der Waals surface area contributed by atoms with Crippen LogP contribution in [-0.2, 0) is 11.3 Å². The maximum absolute atomic E-state index is 9.44. The van der Waals surface area contributed by atoms with Crippen molar-refractivity contribution < 1.29 is 14.6 Å². The van der Waals surface area contributed by atoms with Crippen LogP contribution < -0.4 is 4.74 Å². The molecule has 72 valence electrons. The average Bonchev–Trinajstić information content (AvgIpc) is 2.11. The summed E-state index contributed by atoms with van der Waals surface area (Å²) in [5.74, 6) is 0.574. The molecule has 1 rings (SSSR count). The van der Waals surface area contributed by atoms with E-state index < -0.39 is 0 Å². The van der Waals surface area contributed by atoms with E-state index in [0.29, 0.717) is 12.4 Å². The van der Waals surface area contributed by atoms with Crippen LogP contribution in [-0.4, -0.2) is 19.3 Å². The summed E-state index contributed by atoms with van der Waals surface area (Å²) in [5.41, 5.74) is 0.890. The number of hydrogen-bond donors (Lipinski definition) is 1. The summed E-state index contributed by atoms with van der Waals surface area (Å²) >= 11 is 3.35. The molecule has 0 spiro atoms. The Morgan fingerprint density at radius 3 is 2.62 bits per heavy atom. The summed E-state index contributed by atoms with van der Waals surface area (Å²) in [6.45, 7) is 0.456. The van der Waals surface area contributed by atoms with E-state index in [0.717, 1.165) is 10.0 Å². The third kappa shape index (κ3) is 2.35. The van der Waals surface area contributed by atoms with Crippen LogP contribution in [0.1, 0.15) is 5.56 Å². The molecule has 0 saturated heterocycles. The van der Waals surface area contributed by atoms with Gasteiger partial charge >= 0.3 is 0 Å². The molecule has 0 unspecified atom stereocenters. The minimum absolute atomic E-state index is 0.123. The topological polar surface area (TPSA) is 38.7 Å². The van der Waals surface area contributed by atoms with Crippen LogP contribution in [0.3, 0.4) is 0 Å². The molecule has 0 aromatic heterocycles. The standard InChI is InChI=1S/C9H11BrO3/c1-12-5-6-3-8(11)9(13-2)4-7(6)10/h3-4,11H,5H2,1-2H3. The number of rotatable bonds is 3. The first-order valence-corrected chi connectivity index (χ1v) is 4.52. The SMILES string of the molecule is COCc1cc(O)c(OC)cc1Br. The summed E-state index contributed by atoms with van der Waals surface area (Å²) in [7, 11) is 3.12. The number of phenolic OH excluding ortho intramolecular Hbond substituents is 1. The Bertz CT molecular complexity index is 299. The summed E-state index contributed by atoms with van der Waals surface area (Å²) in [6.07, 6.45) is 0. The van der Waals surface area contributed by atoms with Gasteiger partial charge in [0.1, 0.15) is 0 Å². The van der Waals surface area contributed by atoms with Gasteiger partial charge in [0, 0.05) is 11.6 Å². The van der Waals surface area contributed by atoms with E-state index >= 15 is 0 Å². The predicted molar refractivity (Wildman–Crippen MR) is 53.1 cm³/mol. The molecule has 1 aromatic rings. The van der Waals surface area contributed by atoms with Gasteiger partial charge in [-0.2, -0.15) is 0 Å². The Balaban J connectivity index is 3.05. The summed E-state index contributed by atoms with van der Waals surface area (Å²) < 4.78 is 10.8. The molecule has 4 heteroatoms. The van der Waals surface area contributed by atoms with Crippen LogP contribution in [0, 0.1) is 0 Å². The van der Waals surface area contributed by atoms with Gasteiger partial charge in [-0.05, 0) is 17.7 Å². The molecule has 0 aliphatic rings. The van der Waals surface area contributed by atoms with Gasteiger partial charge in [-0.3, -0.25) is 0 Å². The highest BCUT2D eigenvalue weighted by molar-refractivity contribution is 9.10. The van der Waals surface area contributed by atoms with Crippen molar-refractivity contribution in [3.05, 3.63) is 22.2 Å². The summed E-state index contributed by atoms with van der Waals surface area (Å²) in [6, 6.07) is 3.33. The summed E-state index contributed by atoms with van der Waals surface area (Å²) in [4.78, 5) is 0. The van der Waals surface area contributed by atoms with Gasteiger partial charge in [0.15, 0.2) is 11.5 Å². The number of phenols is 1. The molecule has 0 bridgehead atoms. The van der Waals surface area contributed by atoms with Crippen molar-refractivity contribution in [2.45, 2.75) is 6.61 Å². The van der Waals surface area contributed by atoms with E-state index in [4.69, 9.17) is 9.47 Å². The van der Waals surface area contributed by atoms with Crippen molar-refractivity contribution >= 4 is 15.9 Å². The highest BCUT2D eigenvalue weighted by Gasteiger charge is 2.07. The summed E-state index contributed by atoms with van der Waals surface area (Å²) in [5, 5.41) is 9.44. The minimum atomic E-state index is 0.123. The van der Waals surface area contributed by atoms with Crippen molar-refractivity contribution in [1.29, 1.82) is 0 Å². The predicted octanol–water partition coefficient (Wildman–Crippen LogP) is 2.31. The molecule has 0 saturated carbocycles. The Kier molecular flexibility index (Phi) is 3.57. The van der Waals surface area contributed by atoms with Gasteiger partial charge in [-0.25, -0.2) is 0 Å². The fourth-order valence-corrected chi connectivity index (χ4v) is 1.45. The van der Waals surface area contributed by atoms with Crippen molar-refractivity contribution in [3.8, 4) is 11.5 Å². The van der Waals surface area contributed by atoms with Crippen molar-refractivity contribution in [2.24, 2.45) is 0 Å². The van der Waals surface area contributed by atoms with Gasteiger partial charge in [-0.15, -0.1) is 0 Å². The number of ether oxygens (including phenoxy) is 2. The second-order valence-corrected chi connectivity index (χ2v) is 3.40. The lowest BCUT2D eigenvalue weighted by Crippen LogP contribution is -1.91. The molecule has 1 N–H and O–H groups in total. The van der Waals surface area contributed by atoms with Gasteiger partial charge in [0.2, 0.25) is 0 Å². The average molecular weight is 247 g/mol. The van der Waals surface area contributed by atoms with Crippen LogP contribution in [0.5, 0.6) is 11.5 Å². The van der Waals surface area contributed by atoms with E-state index in [1.54, 1.807) is 19.2 Å². The van der Waals surface area contributed by atoms with E-state index in [2.05, 4.69) is 15.9 Å². The molecule has 3 nitrogen and oxygen atoms in total. The monoisotopic (exact) mass is 246 g/mol. The molecule has 0 fully saturated rings. The molecule has 1 aromatic carbocycles. The van der Waals surface area contributed by atoms with Gasteiger partial charge in [-0.1, -0.05) is 15.9 Å². The molecule has 13 heavy (non-hydrogen) atoms. The first kappa shape index (κ1) is 10.3. The zero-order valence-electron chi connectivity index (χ0n) is 7.50.